The van der Waals surface area contributed by atoms with Crippen LogP contribution in [0.5, 0.6) is 5.75 Å². The Morgan fingerprint density at radius 1 is 0.960 bits per heavy atom. The van der Waals surface area contributed by atoms with Crippen molar-refractivity contribution in [3.63, 3.8) is 0 Å². The fourth-order valence-electron chi connectivity index (χ4n) is 2.34. The minimum Gasteiger partial charge on any atom is -0.496 e. The van der Waals surface area contributed by atoms with Crippen LogP contribution in [0.2, 0.25) is 0 Å². The number of methoxy groups -OCH3 is 2. The van der Waals surface area contributed by atoms with Gasteiger partial charge in [-0.15, -0.1) is 0 Å². The Bertz CT molecular complexity index is 714. The molecule has 0 radical (unpaired) electrons. The molecule has 2 aromatic rings. The highest BCUT2D eigenvalue weighted by Gasteiger charge is 2.06. The molecule has 0 aliphatic rings. The number of rotatable bonds is 7. The molecule has 0 aromatic heterocycles. The molecule has 0 atom stereocenters. The van der Waals surface area contributed by atoms with Gasteiger partial charge in [0.15, 0.2) is 0 Å². The lowest BCUT2D eigenvalue weighted by Crippen LogP contribution is -2.36. The van der Waals surface area contributed by atoms with Gasteiger partial charge in [-0.1, -0.05) is 30.3 Å². The average molecular weight is 342 g/mol. The van der Waals surface area contributed by atoms with E-state index < -0.39 is 0 Å². The molecule has 0 bridgehead atoms. The molecule has 0 spiro atoms. The quantitative estimate of drug-likeness (QED) is 0.758. The second-order valence-electron chi connectivity index (χ2n) is 5.36. The predicted molar refractivity (Wildman–Crippen MR) is 94.7 cm³/mol. The Morgan fingerprint density at radius 2 is 1.68 bits per heavy atom. The Hall–Kier alpha value is -3.02. The summed E-state index contributed by atoms with van der Waals surface area (Å²) in [6.07, 6.45) is 0.686. The molecule has 0 heterocycles. The van der Waals surface area contributed by atoms with Crippen LogP contribution in [0.15, 0.2) is 48.5 Å². The number of hydrogen-bond acceptors (Lipinski definition) is 4. The molecule has 132 valence electrons. The highest BCUT2D eigenvalue weighted by atomic mass is 16.5. The van der Waals surface area contributed by atoms with Crippen LogP contribution in [0.4, 0.5) is 4.79 Å². The van der Waals surface area contributed by atoms with Crippen molar-refractivity contribution >= 4 is 12.0 Å². The van der Waals surface area contributed by atoms with E-state index in [-0.39, 0.29) is 12.0 Å². The molecule has 0 unspecified atom stereocenters. The van der Waals surface area contributed by atoms with Crippen LogP contribution in [0, 0.1) is 0 Å². The summed E-state index contributed by atoms with van der Waals surface area (Å²) in [5, 5.41) is 5.59. The predicted octanol–water partition coefficient (Wildman–Crippen LogP) is 2.52. The average Bonchev–Trinajstić information content (AvgIpc) is 2.66. The maximum Gasteiger partial charge on any atom is 0.337 e. The van der Waals surface area contributed by atoms with Crippen LogP contribution < -0.4 is 15.4 Å². The number of ether oxygens (including phenoxy) is 2. The lowest BCUT2D eigenvalue weighted by atomic mass is 10.1. The van der Waals surface area contributed by atoms with Crippen LogP contribution in [-0.2, 0) is 17.7 Å². The molecule has 2 amide bonds. The summed E-state index contributed by atoms with van der Waals surface area (Å²) in [5.74, 6) is 0.434. The third-order valence-electron chi connectivity index (χ3n) is 3.70. The van der Waals surface area contributed by atoms with Gasteiger partial charge >= 0.3 is 12.0 Å². The number of para-hydroxylation sites is 1. The molecular formula is C19H22N2O4. The first-order valence-corrected chi connectivity index (χ1v) is 7.95. The minimum absolute atomic E-state index is 0.244. The van der Waals surface area contributed by atoms with Gasteiger partial charge < -0.3 is 20.1 Å². The van der Waals surface area contributed by atoms with E-state index in [1.54, 1.807) is 31.4 Å². The molecule has 0 aliphatic heterocycles. The first-order chi connectivity index (χ1) is 12.1. The molecule has 2 N–H and O–H groups in total. The molecule has 0 saturated heterocycles. The maximum absolute atomic E-state index is 11.9. The fraction of sp³-hybridized carbons (Fsp3) is 0.263. The van der Waals surface area contributed by atoms with Gasteiger partial charge in [-0.3, -0.25) is 0 Å². The molecule has 0 fully saturated rings. The molecule has 25 heavy (non-hydrogen) atoms. The van der Waals surface area contributed by atoms with Crippen molar-refractivity contribution in [3.05, 3.63) is 65.2 Å². The SMILES string of the molecule is COC(=O)c1ccc(CNC(=O)NCCc2ccccc2OC)cc1. The van der Waals surface area contributed by atoms with E-state index in [1.807, 2.05) is 24.3 Å². The summed E-state index contributed by atoms with van der Waals surface area (Å²) >= 11 is 0. The van der Waals surface area contributed by atoms with Crippen molar-refractivity contribution in [2.45, 2.75) is 13.0 Å². The number of hydrogen-bond donors (Lipinski definition) is 2. The van der Waals surface area contributed by atoms with Gasteiger partial charge in [-0.2, -0.15) is 0 Å². The normalized spacial score (nSPS) is 10.0. The van der Waals surface area contributed by atoms with Crippen LogP contribution in [0.25, 0.3) is 0 Å². The van der Waals surface area contributed by atoms with Crippen molar-refractivity contribution in [2.75, 3.05) is 20.8 Å². The summed E-state index contributed by atoms with van der Waals surface area (Å²) in [4.78, 5) is 23.2. The lowest BCUT2D eigenvalue weighted by molar-refractivity contribution is 0.0600. The van der Waals surface area contributed by atoms with Crippen molar-refractivity contribution in [1.29, 1.82) is 0 Å². The third-order valence-corrected chi connectivity index (χ3v) is 3.70. The monoisotopic (exact) mass is 342 g/mol. The Morgan fingerprint density at radius 3 is 2.36 bits per heavy atom. The highest BCUT2D eigenvalue weighted by Crippen LogP contribution is 2.17. The van der Waals surface area contributed by atoms with Crippen molar-refractivity contribution in [3.8, 4) is 5.75 Å². The maximum atomic E-state index is 11.9. The molecule has 2 aromatic carbocycles. The second kappa shape index (κ2) is 9.32. The fourth-order valence-corrected chi connectivity index (χ4v) is 2.34. The number of carbonyl (C=O) groups excluding carboxylic acids is 2. The van der Waals surface area contributed by atoms with Gasteiger partial charge in [0.05, 0.1) is 19.8 Å². The van der Waals surface area contributed by atoms with Crippen LogP contribution in [-0.4, -0.2) is 32.8 Å². The first-order valence-electron chi connectivity index (χ1n) is 7.95. The first kappa shape index (κ1) is 18.3. The van der Waals surface area contributed by atoms with Gasteiger partial charge in [-0.25, -0.2) is 9.59 Å². The standard InChI is InChI=1S/C19H22N2O4/c1-24-17-6-4-3-5-15(17)11-12-20-19(23)21-13-14-7-9-16(10-8-14)18(22)25-2/h3-10H,11-13H2,1-2H3,(H2,20,21,23). The second-order valence-corrected chi connectivity index (χ2v) is 5.36. The Kier molecular flexibility index (Phi) is 6.83. The van der Waals surface area contributed by atoms with Gasteiger partial charge in [0, 0.05) is 13.1 Å². The van der Waals surface area contributed by atoms with Crippen molar-refractivity contribution in [1.82, 2.24) is 10.6 Å². The van der Waals surface area contributed by atoms with Crippen LogP contribution in [0.1, 0.15) is 21.5 Å². The van der Waals surface area contributed by atoms with E-state index in [2.05, 4.69) is 15.4 Å². The zero-order chi connectivity index (χ0) is 18.1. The topological polar surface area (TPSA) is 76.7 Å². The van der Waals surface area contributed by atoms with E-state index in [0.29, 0.717) is 25.1 Å². The number of urea groups is 1. The van der Waals surface area contributed by atoms with Crippen molar-refractivity contribution in [2.24, 2.45) is 0 Å². The zero-order valence-corrected chi connectivity index (χ0v) is 14.4. The number of amides is 2. The molecule has 0 saturated carbocycles. The van der Waals surface area contributed by atoms with Gasteiger partial charge in [-0.05, 0) is 35.7 Å². The van der Waals surface area contributed by atoms with Gasteiger partial charge in [0.2, 0.25) is 0 Å². The molecule has 6 nitrogen and oxygen atoms in total. The smallest absolute Gasteiger partial charge is 0.337 e. The molecular weight excluding hydrogens is 320 g/mol. The summed E-state index contributed by atoms with van der Waals surface area (Å²) in [6.45, 7) is 0.884. The Labute approximate surface area is 147 Å². The number of esters is 1. The van der Waals surface area contributed by atoms with Gasteiger partial charge in [0.25, 0.3) is 0 Å². The van der Waals surface area contributed by atoms with Crippen molar-refractivity contribution < 1.29 is 19.1 Å². The zero-order valence-electron chi connectivity index (χ0n) is 14.4. The van der Waals surface area contributed by atoms with Crippen LogP contribution in [0.3, 0.4) is 0 Å². The largest absolute Gasteiger partial charge is 0.496 e. The molecule has 2 rings (SSSR count). The van der Waals surface area contributed by atoms with E-state index in [1.165, 1.54) is 7.11 Å². The molecule has 6 heteroatoms. The minimum atomic E-state index is -0.381. The third kappa shape index (κ3) is 5.53. The summed E-state index contributed by atoms with van der Waals surface area (Å²) in [6, 6.07) is 14.4. The summed E-state index contributed by atoms with van der Waals surface area (Å²) < 4.78 is 9.93. The van der Waals surface area contributed by atoms with E-state index >= 15 is 0 Å². The Balaban J connectivity index is 1.74. The lowest BCUT2D eigenvalue weighted by Gasteiger charge is -2.10. The van der Waals surface area contributed by atoms with E-state index in [9.17, 15) is 9.59 Å². The van der Waals surface area contributed by atoms with E-state index in [4.69, 9.17) is 4.74 Å². The highest BCUT2D eigenvalue weighted by molar-refractivity contribution is 5.89. The summed E-state index contributed by atoms with van der Waals surface area (Å²) in [7, 11) is 2.97. The number of nitrogens with one attached hydrogen (secondary N) is 2. The number of benzene rings is 2. The van der Waals surface area contributed by atoms with Crippen LogP contribution >= 0.6 is 0 Å². The number of carbonyl (C=O) groups is 2. The van der Waals surface area contributed by atoms with Gasteiger partial charge in [0.1, 0.15) is 5.75 Å². The summed E-state index contributed by atoms with van der Waals surface area (Å²) in [5.41, 5.74) is 2.42. The van der Waals surface area contributed by atoms with E-state index in [0.717, 1.165) is 16.9 Å². The molecule has 0 aliphatic carbocycles.